The van der Waals surface area contributed by atoms with Gasteiger partial charge in [0, 0.05) is 61.0 Å². The molecule has 0 aliphatic carbocycles. The van der Waals surface area contributed by atoms with Crippen LogP contribution >= 0.6 is 11.6 Å². The molecular weight excluding hydrogens is 386 g/mol. The summed E-state index contributed by atoms with van der Waals surface area (Å²) in [6.45, 7) is 4.89. The fourth-order valence-electron chi connectivity index (χ4n) is 4.07. The summed E-state index contributed by atoms with van der Waals surface area (Å²) in [7, 11) is 0. The molecule has 1 amide bonds. The first kappa shape index (κ1) is 19.9. The molecule has 1 N–H and O–H groups in total. The summed E-state index contributed by atoms with van der Waals surface area (Å²) >= 11 is 6.10. The van der Waals surface area contributed by atoms with Crippen LogP contribution in [0.2, 0.25) is 5.02 Å². The number of piperazine rings is 1. The second kappa shape index (κ2) is 8.97. The number of fused-ring (bicyclic) bond motifs is 1. The van der Waals surface area contributed by atoms with Gasteiger partial charge < -0.3 is 10.2 Å². The maximum Gasteiger partial charge on any atom is 0.224 e. The second-order valence-corrected chi connectivity index (χ2v) is 8.19. The first-order valence-corrected chi connectivity index (χ1v) is 10.7. The van der Waals surface area contributed by atoms with Gasteiger partial charge in [0.25, 0.3) is 0 Å². The minimum Gasteiger partial charge on any atom is -0.369 e. The van der Waals surface area contributed by atoms with Crippen molar-refractivity contribution in [3.8, 4) is 0 Å². The number of carbonyl (C=O) groups excluding carboxylic acids is 2. The van der Waals surface area contributed by atoms with E-state index in [0.717, 1.165) is 61.0 Å². The zero-order chi connectivity index (χ0) is 20.2. The Hall–Kier alpha value is -2.37. The van der Waals surface area contributed by atoms with Gasteiger partial charge >= 0.3 is 0 Å². The first-order valence-electron chi connectivity index (χ1n) is 10.3. The number of nitrogens with one attached hydrogen (secondary N) is 1. The lowest BCUT2D eigenvalue weighted by Gasteiger charge is -2.36. The van der Waals surface area contributed by atoms with E-state index in [1.54, 1.807) is 0 Å². The molecule has 2 aromatic carbocycles. The van der Waals surface area contributed by atoms with Gasteiger partial charge in [-0.2, -0.15) is 0 Å². The highest BCUT2D eigenvalue weighted by molar-refractivity contribution is 6.30. The van der Waals surface area contributed by atoms with Crippen LogP contribution in [0.5, 0.6) is 0 Å². The Kier molecular flexibility index (Phi) is 6.16. The van der Waals surface area contributed by atoms with Crippen molar-refractivity contribution >= 4 is 34.7 Å². The zero-order valence-corrected chi connectivity index (χ0v) is 17.3. The molecule has 0 radical (unpaired) electrons. The molecule has 0 aromatic heterocycles. The molecule has 2 aromatic rings. The minimum atomic E-state index is 0.0482. The Morgan fingerprint density at radius 2 is 1.86 bits per heavy atom. The maximum atomic E-state index is 12.6. The third kappa shape index (κ3) is 4.98. The Morgan fingerprint density at radius 3 is 2.66 bits per heavy atom. The highest BCUT2D eigenvalue weighted by atomic mass is 35.5. The first-order chi connectivity index (χ1) is 14.1. The molecule has 0 unspecified atom stereocenters. The quantitative estimate of drug-likeness (QED) is 0.730. The molecule has 1 fully saturated rings. The van der Waals surface area contributed by atoms with Gasteiger partial charge in [0.2, 0.25) is 5.91 Å². The number of amides is 1. The maximum absolute atomic E-state index is 12.6. The largest absolute Gasteiger partial charge is 0.369 e. The van der Waals surface area contributed by atoms with Crippen molar-refractivity contribution in [2.45, 2.75) is 25.7 Å². The van der Waals surface area contributed by atoms with Gasteiger partial charge in [-0.25, -0.2) is 0 Å². The number of halogens is 1. The van der Waals surface area contributed by atoms with Crippen LogP contribution in [-0.4, -0.2) is 49.3 Å². The SMILES string of the molecule is O=C1CCc2cc(C(=O)CCCN3CCN(c4cccc(Cl)c4)CC3)ccc2N1. The number of ketones is 1. The van der Waals surface area contributed by atoms with Gasteiger partial charge in [-0.1, -0.05) is 17.7 Å². The molecule has 1 saturated heterocycles. The van der Waals surface area contributed by atoms with Crippen molar-refractivity contribution in [3.05, 3.63) is 58.6 Å². The summed E-state index contributed by atoms with van der Waals surface area (Å²) in [6, 6.07) is 13.6. The van der Waals surface area contributed by atoms with Crippen LogP contribution < -0.4 is 10.2 Å². The lowest BCUT2D eigenvalue weighted by Crippen LogP contribution is -2.46. The molecule has 4 rings (SSSR count). The fraction of sp³-hybridized carbons (Fsp3) is 0.391. The summed E-state index contributed by atoms with van der Waals surface area (Å²) in [5.41, 5.74) is 3.84. The van der Waals surface area contributed by atoms with E-state index in [0.29, 0.717) is 19.3 Å². The van der Waals surface area contributed by atoms with Gasteiger partial charge in [0.05, 0.1) is 0 Å². The van der Waals surface area contributed by atoms with Crippen LogP contribution in [0.4, 0.5) is 11.4 Å². The summed E-state index contributed by atoms with van der Waals surface area (Å²) in [5, 5.41) is 3.63. The normalized spacial score (nSPS) is 17.0. The van der Waals surface area contributed by atoms with Crippen molar-refractivity contribution in [2.75, 3.05) is 42.9 Å². The average molecular weight is 412 g/mol. The van der Waals surface area contributed by atoms with E-state index in [1.807, 2.05) is 36.4 Å². The summed E-state index contributed by atoms with van der Waals surface area (Å²) in [5.74, 6) is 0.231. The van der Waals surface area contributed by atoms with Gasteiger partial charge in [0.1, 0.15) is 0 Å². The minimum absolute atomic E-state index is 0.0482. The number of nitrogens with zero attached hydrogens (tertiary/aromatic N) is 2. The standard InChI is InChI=1S/C23H26ClN3O2/c24-19-3-1-4-20(16-19)27-13-11-26(12-14-27)10-2-5-22(28)18-6-8-21-17(15-18)7-9-23(29)25-21/h1,3-4,6,8,15-16H,2,5,7,9-14H2,(H,25,29). The number of hydrogen-bond acceptors (Lipinski definition) is 4. The number of rotatable bonds is 6. The Morgan fingerprint density at radius 1 is 1.03 bits per heavy atom. The molecule has 152 valence electrons. The van der Waals surface area contributed by atoms with Gasteiger partial charge in [-0.05, 0) is 61.3 Å². The Labute approximate surface area is 176 Å². The van der Waals surface area contributed by atoms with E-state index in [2.05, 4.69) is 21.2 Å². The van der Waals surface area contributed by atoms with Crippen molar-refractivity contribution in [2.24, 2.45) is 0 Å². The predicted molar refractivity (Wildman–Crippen MR) is 117 cm³/mol. The second-order valence-electron chi connectivity index (χ2n) is 7.76. The molecule has 6 heteroatoms. The van der Waals surface area contributed by atoms with E-state index in [9.17, 15) is 9.59 Å². The van der Waals surface area contributed by atoms with Crippen molar-refractivity contribution in [1.82, 2.24) is 4.90 Å². The highest BCUT2D eigenvalue weighted by Gasteiger charge is 2.19. The third-order valence-corrected chi connectivity index (χ3v) is 5.98. The fourth-order valence-corrected chi connectivity index (χ4v) is 4.25. The van der Waals surface area contributed by atoms with Gasteiger partial charge in [0.15, 0.2) is 5.78 Å². The predicted octanol–water partition coefficient (Wildman–Crippen LogP) is 4.01. The molecule has 0 atom stereocenters. The molecule has 5 nitrogen and oxygen atoms in total. The number of carbonyl (C=O) groups is 2. The zero-order valence-electron chi connectivity index (χ0n) is 16.5. The highest BCUT2D eigenvalue weighted by Crippen LogP contribution is 2.24. The van der Waals surface area contributed by atoms with E-state index in [-0.39, 0.29) is 11.7 Å². The number of benzene rings is 2. The molecular formula is C23H26ClN3O2. The molecule has 0 saturated carbocycles. The summed E-state index contributed by atoms with van der Waals surface area (Å²) in [4.78, 5) is 28.8. The topological polar surface area (TPSA) is 52.7 Å². The van der Waals surface area contributed by atoms with Crippen LogP contribution in [0.25, 0.3) is 0 Å². The Balaban J connectivity index is 1.23. The molecule has 2 heterocycles. The molecule has 29 heavy (non-hydrogen) atoms. The van der Waals surface area contributed by atoms with Crippen molar-refractivity contribution < 1.29 is 9.59 Å². The molecule has 0 bridgehead atoms. The molecule has 2 aliphatic rings. The number of Topliss-reactive ketones (excluding diaryl/α,β-unsaturated/α-hetero) is 1. The van der Waals surface area contributed by atoms with Crippen LogP contribution in [-0.2, 0) is 11.2 Å². The van der Waals surface area contributed by atoms with E-state index in [1.165, 1.54) is 5.69 Å². The number of anilines is 2. The van der Waals surface area contributed by atoms with E-state index < -0.39 is 0 Å². The van der Waals surface area contributed by atoms with E-state index >= 15 is 0 Å². The van der Waals surface area contributed by atoms with Gasteiger partial charge in [-0.15, -0.1) is 0 Å². The monoisotopic (exact) mass is 411 g/mol. The summed E-state index contributed by atoms with van der Waals surface area (Å²) < 4.78 is 0. The van der Waals surface area contributed by atoms with Crippen molar-refractivity contribution in [3.63, 3.8) is 0 Å². The average Bonchev–Trinajstić information content (AvgIpc) is 2.74. The molecule has 2 aliphatic heterocycles. The van der Waals surface area contributed by atoms with Crippen LogP contribution in [0.3, 0.4) is 0 Å². The van der Waals surface area contributed by atoms with Gasteiger partial charge in [-0.3, -0.25) is 14.5 Å². The van der Waals surface area contributed by atoms with Crippen molar-refractivity contribution in [1.29, 1.82) is 0 Å². The number of hydrogen-bond donors (Lipinski definition) is 1. The van der Waals surface area contributed by atoms with Crippen LogP contribution in [0.15, 0.2) is 42.5 Å². The lowest BCUT2D eigenvalue weighted by atomic mass is 9.97. The van der Waals surface area contributed by atoms with E-state index in [4.69, 9.17) is 11.6 Å². The van der Waals surface area contributed by atoms with Crippen LogP contribution in [0, 0.1) is 0 Å². The lowest BCUT2D eigenvalue weighted by molar-refractivity contribution is -0.116. The third-order valence-electron chi connectivity index (χ3n) is 5.75. The van der Waals surface area contributed by atoms with Crippen LogP contribution in [0.1, 0.15) is 35.2 Å². The number of aryl methyl sites for hydroxylation is 1. The Bertz CT molecular complexity index is 907. The smallest absolute Gasteiger partial charge is 0.224 e. The summed E-state index contributed by atoms with van der Waals surface area (Å²) in [6.07, 6.45) is 2.62. The molecule has 0 spiro atoms.